The molecule has 0 aliphatic carbocycles. The van der Waals surface area contributed by atoms with Crippen LogP contribution in [0, 0.1) is 6.92 Å². The summed E-state index contributed by atoms with van der Waals surface area (Å²) in [5, 5.41) is 0. The summed E-state index contributed by atoms with van der Waals surface area (Å²) in [4.78, 5) is 11.9. The molecule has 2 N–H and O–H groups in total. The van der Waals surface area contributed by atoms with E-state index in [1.54, 1.807) is 13.0 Å². The van der Waals surface area contributed by atoms with Crippen LogP contribution in [-0.4, -0.2) is 44.9 Å². The predicted octanol–water partition coefficient (Wildman–Crippen LogP) is 1.32. The highest BCUT2D eigenvalue weighted by atomic mass is 35.5. The maximum atomic E-state index is 12.8. The number of carbonyl (C=O) groups is 1. The third-order valence-electron chi connectivity index (χ3n) is 3.72. The van der Waals surface area contributed by atoms with Gasteiger partial charge in [-0.15, -0.1) is 12.4 Å². The third kappa shape index (κ3) is 3.43. The maximum Gasteiger partial charge on any atom is 0.339 e. The van der Waals surface area contributed by atoms with Crippen molar-refractivity contribution in [1.29, 1.82) is 0 Å². The zero-order chi connectivity index (χ0) is 15.6. The van der Waals surface area contributed by atoms with Crippen LogP contribution in [0.15, 0.2) is 23.1 Å². The molecule has 124 valence electrons. The highest BCUT2D eigenvalue weighted by Crippen LogP contribution is 2.28. The molecule has 0 amide bonds. The van der Waals surface area contributed by atoms with Crippen LogP contribution in [0.4, 0.5) is 0 Å². The van der Waals surface area contributed by atoms with E-state index >= 15 is 0 Å². The lowest BCUT2D eigenvalue weighted by atomic mass is 10.1. The van der Waals surface area contributed by atoms with Crippen LogP contribution in [0.5, 0.6) is 0 Å². The minimum absolute atomic E-state index is 0. The van der Waals surface area contributed by atoms with Gasteiger partial charge in [-0.2, -0.15) is 4.31 Å². The quantitative estimate of drug-likeness (QED) is 0.829. The molecule has 1 aliphatic rings. The van der Waals surface area contributed by atoms with E-state index in [1.807, 2.05) is 0 Å². The number of aryl methyl sites for hydroxylation is 1. The number of nitrogens with zero attached hydrogens (tertiary/aromatic N) is 1. The van der Waals surface area contributed by atoms with Crippen LogP contribution in [0.2, 0.25) is 0 Å². The largest absolute Gasteiger partial charge is 0.465 e. The fraction of sp³-hybridized carbons (Fsp3) is 0.500. The van der Waals surface area contributed by atoms with E-state index in [1.165, 1.54) is 23.5 Å². The lowest BCUT2D eigenvalue weighted by Crippen LogP contribution is -2.40. The van der Waals surface area contributed by atoms with Gasteiger partial charge in [0.05, 0.1) is 17.6 Å². The van der Waals surface area contributed by atoms with Crippen LogP contribution in [0.25, 0.3) is 0 Å². The fourth-order valence-corrected chi connectivity index (χ4v) is 4.49. The molecular formula is C14H21ClN2O4S. The molecule has 2 rings (SSSR count). The average Bonchev–Trinajstić information content (AvgIpc) is 2.95. The highest BCUT2D eigenvalue weighted by molar-refractivity contribution is 7.89. The van der Waals surface area contributed by atoms with Crippen molar-refractivity contribution >= 4 is 28.4 Å². The number of carbonyl (C=O) groups excluding carboxylic acids is 1. The summed E-state index contributed by atoms with van der Waals surface area (Å²) in [6.45, 7) is 2.50. The zero-order valence-corrected chi connectivity index (χ0v) is 14.2. The van der Waals surface area contributed by atoms with Gasteiger partial charge >= 0.3 is 5.97 Å². The fourth-order valence-electron chi connectivity index (χ4n) is 2.63. The van der Waals surface area contributed by atoms with Gasteiger partial charge in [0.25, 0.3) is 0 Å². The van der Waals surface area contributed by atoms with Crippen LogP contribution in [0.1, 0.15) is 28.8 Å². The van der Waals surface area contributed by atoms with E-state index in [0.29, 0.717) is 6.54 Å². The van der Waals surface area contributed by atoms with Crippen LogP contribution in [0.3, 0.4) is 0 Å². The summed E-state index contributed by atoms with van der Waals surface area (Å²) in [6.07, 6.45) is 1.52. The monoisotopic (exact) mass is 348 g/mol. The zero-order valence-electron chi connectivity index (χ0n) is 12.6. The molecule has 1 fully saturated rings. The molecule has 1 saturated heterocycles. The molecule has 6 nitrogen and oxygen atoms in total. The van der Waals surface area contributed by atoms with Gasteiger partial charge in [0.2, 0.25) is 10.0 Å². The number of halogens is 1. The van der Waals surface area contributed by atoms with E-state index in [0.717, 1.165) is 18.4 Å². The van der Waals surface area contributed by atoms with E-state index in [4.69, 9.17) is 10.5 Å². The minimum atomic E-state index is -3.75. The molecule has 0 aromatic heterocycles. The number of hydrogen-bond donors (Lipinski definition) is 1. The second-order valence-electron chi connectivity index (χ2n) is 5.14. The second-order valence-corrected chi connectivity index (χ2v) is 7.00. The molecular weight excluding hydrogens is 328 g/mol. The summed E-state index contributed by atoms with van der Waals surface area (Å²) in [5.74, 6) is -0.652. The Morgan fingerprint density at radius 3 is 2.73 bits per heavy atom. The van der Waals surface area contributed by atoms with Crippen molar-refractivity contribution in [3.63, 3.8) is 0 Å². The first-order chi connectivity index (χ1) is 9.91. The van der Waals surface area contributed by atoms with Crippen molar-refractivity contribution in [3.05, 3.63) is 29.3 Å². The van der Waals surface area contributed by atoms with Gasteiger partial charge in [-0.05, 0) is 31.9 Å². The normalized spacial score (nSPS) is 18.8. The van der Waals surface area contributed by atoms with Crippen LogP contribution in [-0.2, 0) is 14.8 Å². The number of ether oxygens (including phenoxy) is 1. The summed E-state index contributed by atoms with van der Waals surface area (Å²) in [6, 6.07) is 4.46. The standard InChI is InChI=1S/C14H20N2O4S.ClH/c1-10-5-6-13(12(8-10)14(17)20-2)21(18,19)16-7-3-4-11(16)9-15;/h5-6,8,11H,3-4,7,9,15H2,1-2H3;1H. The number of hydrogen-bond acceptors (Lipinski definition) is 5. The molecule has 8 heteroatoms. The van der Waals surface area contributed by atoms with E-state index in [-0.39, 0.29) is 35.5 Å². The van der Waals surface area contributed by atoms with Crippen molar-refractivity contribution in [2.45, 2.75) is 30.7 Å². The molecule has 1 heterocycles. The summed E-state index contributed by atoms with van der Waals surface area (Å²) >= 11 is 0. The Morgan fingerprint density at radius 1 is 1.45 bits per heavy atom. The number of nitrogens with two attached hydrogens (primary N) is 1. The van der Waals surface area contributed by atoms with Gasteiger partial charge in [-0.1, -0.05) is 11.6 Å². The van der Waals surface area contributed by atoms with Crippen molar-refractivity contribution in [3.8, 4) is 0 Å². The molecule has 0 radical (unpaired) electrons. The SMILES string of the molecule is COC(=O)c1cc(C)ccc1S(=O)(=O)N1CCCC1CN.Cl. The van der Waals surface area contributed by atoms with Gasteiger partial charge in [0.1, 0.15) is 0 Å². The van der Waals surface area contributed by atoms with E-state index in [2.05, 4.69) is 0 Å². The number of rotatable bonds is 4. The van der Waals surface area contributed by atoms with Gasteiger partial charge in [-0.25, -0.2) is 13.2 Å². The van der Waals surface area contributed by atoms with Crippen molar-refractivity contribution < 1.29 is 17.9 Å². The Labute approximate surface area is 137 Å². The first kappa shape index (κ1) is 18.9. The number of methoxy groups -OCH3 is 1. The number of sulfonamides is 1. The molecule has 1 atom stereocenters. The first-order valence-corrected chi connectivity index (χ1v) is 8.26. The molecule has 1 aromatic rings. The second kappa shape index (κ2) is 7.41. The van der Waals surface area contributed by atoms with Gasteiger partial charge in [0.15, 0.2) is 0 Å². The Balaban J connectivity index is 0.00000242. The Kier molecular flexibility index (Phi) is 6.37. The molecule has 0 saturated carbocycles. The Morgan fingerprint density at radius 2 is 2.14 bits per heavy atom. The van der Waals surface area contributed by atoms with Crippen molar-refractivity contribution in [2.75, 3.05) is 20.2 Å². The minimum Gasteiger partial charge on any atom is -0.465 e. The number of esters is 1. The molecule has 1 aromatic carbocycles. The third-order valence-corrected chi connectivity index (χ3v) is 5.73. The lowest BCUT2D eigenvalue weighted by Gasteiger charge is -2.23. The molecule has 0 spiro atoms. The lowest BCUT2D eigenvalue weighted by molar-refractivity contribution is 0.0596. The first-order valence-electron chi connectivity index (χ1n) is 6.82. The van der Waals surface area contributed by atoms with E-state index < -0.39 is 16.0 Å². The van der Waals surface area contributed by atoms with Crippen LogP contribution >= 0.6 is 12.4 Å². The molecule has 1 unspecified atom stereocenters. The smallest absolute Gasteiger partial charge is 0.339 e. The summed E-state index contributed by atoms with van der Waals surface area (Å²) in [5.41, 5.74) is 6.52. The molecule has 0 bridgehead atoms. The van der Waals surface area contributed by atoms with Crippen molar-refractivity contribution in [2.24, 2.45) is 5.73 Å². The predicted molar refractivity (Wildman–Crippen MR) is 85.7 cm³/mol. The highest BCUT2D eigenvalue weighted by Gasteiger charge is 2.36. The topological polar surface area (TPSA) is 89.7 Å². The number of benzene rings is 1. The van der Waals surface area contributed by atoms with Crippen molar-refractivity contribution in [1.82, 2.24) is 4.31 Å². The van der Waals surface area contributed by atoms with Crippen LogP contribution < -0.4 is 5.73 Å². The molecule has 22 heavy (non-hydrogen) atoms. The Bertz CT molecular complexity index is 648. The van der Waals surface area contributed by atoms with Gasteiger partial charge < -0.3 is 10.5 Å². The summed E-state index contributed by atoms with van der Waals surface area (Å²) in [7, 11) is -2.51. The average molecular weight is 349 g/mol. The Hall–Kier alpha value is -1.15. The summed E-state index contributed by atoms with van der Waals surface area (Å²) < 4.78 is 31.7. The van der Waals surface area contributed by atoms with Gasteiger partial charge in [-0.3, -0.25) is 0 Å². The van der Waals surface area contributed by atoms with E-state index in [9.17, 15) is 13.2 Å². The van der Waals surface area contributed by atoms with Gasteiger partial charge in [0, 0.05) is 19.1 Å². The molecule has 1 aliphatic heterocycles. The maximum absolute atomic E-state index is 12.8.